The minimum Gasteiger partial charge on any atom is -0.142 e. The Labute approximate surface area is 143 Å². The normalized spacial score (nSPS) is 19.3. The molecule has 0 amide bonds. The summed E-state index contributed by atoms with van der Waals surface area (Å²) in [4.78, 5) is 0. The fourth-order valence-electron chi connectivity index (χ4n) is 3.92. The lowest BCUT2D eigenvalue weighted by Crippen LogP contribution is -2.16. The van der Waals surface area contributed by atoms with E-state index in [2.05, 4.69) is 95.4 Å². The van der Waals surface area contributed by atoms with Crippen LogP contribution in [-0.4, -0.2) is 18.3 Å². The van der Waals surface area contributed by atoms with Crippen LogP contribution in [0.1, 0.15) is 45.2 Å². The van der Waals surface area contributed by atoms with Crippen molar-refractivity contribution in [2.75, 3.05) is 0 Å². The van der Waals surface area contributed by atoms with Crippen LogP contribution in [-0.2, 0) is 5.41 Å². The van der Waals surface area contributed by atoms with Crippen LogP contribution in [0.2, 0.25) is 5.82 Å². The second-order valence-electron chi connectivity index (χ2n) is 7.30. The standard InChI is InChI=1S/C21H27BP/c1-16(2)23(17(3)4)22-20-15-21(20,18-11-7-5-8-12-18)19-13-9-6-10-14-19/h5-14,16-17,20H,15H2,1-4H3. The molecule has 0 heterocycles. The number of hydrogen-bond acceptors (Lipinski definition) is 0. The molecule has 0 aromatic heterocycles. The second-order valence-corrected chi connectivity index (χ2v) is 10.6. The van der Waals surface area contributed by atoms with E-state index in [0.29, 0.717) is 5.82 Å². The molecule has 1 aliphatic rings. The third-order valence-corrected chi connectivity index (χ3v) is 8.23. The Morgan fingerprint density at radius 1 is 0.826 bits per heavy atom. The van der Waals surface area contributed by atoms with Crippen molar-refractivity contribution >= 4 is 14.8 Å². The van der Waals surface area contributed by atoms with Crippen LogP contribution in [0, 0.1) is 0 Å². The maximum atomic E-state index is 2.73. The topological polar surface area (TPSA) is 0 Å². The molecular weight excluding hydrogens is 294 g/mol. The van der Waals surface area contributed by atoms with Crippen LogP contribution in [0.4, 0.5) is 0 Å². The summed E-state index contributed by atoms with van der Waals surface area (Å²) < 4.78 is 0. The van der Waals surface area contributed by atoms with Crippen molar-refractivity contribution in [2.45, 2.75) is 56.7 Å². The molecule has 0 aliphatic heterocycles. The molecule has 23 heavy (non-hydrogen) atoms. The Kier molecular flexibility index (Phi) is 4.97. The molecule has 0 N–H and O–H groups in total. The Balaban J connectivity index is 1.92. The van der Waals surface area contributed by atoms with Crippen molar-refractivity contribution in [1.29, 1.82) is 0 Å². The van der Waals surface area contributed by atoms with Crippen molar-refractivity contribution in [1.82, 2.24) is 0 Å². The molecule has 0 saturated heterocycles. The van der Waals surface area contributed by atoms with Crippen LogP contribution in [0.25, 0.3) is 0 Å². The van der Waals surface area contributed by atoms with Crippen molar-refractivity contribution < 1.29 is 0 Å². The first-order valence-electron chi connectivity index (χ1n) is 8.79. The van der Waals surface area contributed by atoms with E-state index >= 15 is 0 Å². The molecule has 0 nitrogen and oxygen atoms in total. The summed E-state index contributed by atoms with van der Waals surface area (Å²) in [6.45, 7) is 12.3. The fraction of sp³-hybridized carbons (Fsp3) is 0.429. The molecule has 119 valence electrons. The number of benzene rings is 2. The Hall–Kier alpha value is -1.07. The highest BCUT2D eigenvalue weighted by atomic mass is 31.1. The smallest absolute Gasteiger partial charge is 0.142 e. The minimum absolute atomic E-state index is 0.0198. The minimum atomic E-state index is -0.0198. The van der Waals surface area contributed by atoms with E-state index in [-0.39, 0.29) is 13.2 Å². The molecule has 1 saturated carbocycles. The van der Waals surface area contributed by atoms with Gasteiger partial charge in [0, 0.05) is 5.41 Å². The zero-order valence-corrected chi connectivity index (χ0v) is 15.6. The summed E-state index contributed by atoms with van der Waals surface area (Å²) in [5, 5.41) is 0. The van der Waals surface area contributed by atoms with E-state index in [1.807, 2.05) is 0 Å². The molecule has 1 unspecified atom stereocenters. The zero-order chi connectivity index (χ0) is 16.4. The lowest BCUT2D eigenvalue weighted by atomic mass is 9.80. The third kappa shape index (κ3) is 3.27. The highest BCUT2D eigenvalue weighted by Gasteiger charge is 2.56. The van der Waals surface area contributed by atoms with E-state index < -0.39 is 0 Å². The highest BCUT2D eigenvalue weighted by molar-refractivity contribution is 7.87. The van der Waals surface area contributed by atoms with Gasteiger partial charge in [-0.25, -0.2) is 0 Å². The van der Waals surface area contributed by atoms with Crippen molar-refractivity contribution in [3.63, 3.8) is 0 Å². The summed E-state index contributed by atoms with van der Waals surface area (Å²) >= 11 is 0. The largest absolute Gasteiger partial charge is 0.152 e. The third-order valence-electron chi connectivity index (χ3n) is 5.14. The Bertz CT molecular complexity index is 573. The predicted octanol–water partition coefficient (Wildman–Crippen LogP) is 6.08. The van der Waals surface area contributed by atoms with Gasteiger partial charge in [0.05, 0.1) is 0 Å². The second kappa shape index (κ2) is 6.82. The average molecular weight is 321 g/mol. The van der Waals surface area contributed by atoms with Gasteiger partial charge in [-0.3, -0.25) is 0 Å². The van der Waals surface area contributed by atoms with E-state index in [1.54, 1.807) is 0 Å². The molecule has 0 spiro atoms. The van der Waals surface area contributed by atoms with E-state index in [4.69, 9.17) is 0 Å². The summed E-state index contributed by atoms with van der Waals surface area (Å²) in [5.41, 5.74) is 4.72. The quantitative estimate of drug-likeness (QED) is 0.446. The SMILES string of the molecule is CC(C)P([B]C1CC1(c1ccccc1)c1ccccc1)C(C)C. The van der Waals surface area contributed by atoms with Crippen LogP contribution >= 0.6 is 7.80 Å². The van der Waals surface area contributed by atoms with E-state index in [9.17, 15) is 0 Å². The number of rotatable bonds is 6. The molecule has 1 fully saturated rings. The molecule has 1 atom stereocenters. The first-order chi connectivity index (χ1) is 11.1. The van der Waals surface area contributed by atoms with E-state index in [0.717, 1.165) is 11.3 Å². The van der Waals surface area contributed by atoms with Gasteiger partial charge in [-0.05, 0) is 34.7 Å². The van der Waals surface area contributed by atoms with Crippen LogP contribution in [0.3, 0.4) is 0 Å². The molecular formula is C21H27BP. The van der Waals surface area contributed by atoms with Gasteiger partial charge in [0.25, 0.3) is 0 Å². The Morgan fingerprint density at radius 2 is 1.26 bits per heavy atom. The van der Waals surface area contributed by atoms with Gasteiger partial charge >= 0.3 is 0 Å². The molecule has 2 aromatic carbocycles. The van der Waals surface area contributed by atoms with Crippen molar-refractivity contribution in [3.05, 3.63) is 71.8 Å². The zero-order valence-electron chi connectivity index (χ0n) is 14.7. The summed E-state index contributed by atoms with van der Waals surface area (Å²) in [5.74, 6) is 0.684. The van der Waals surface area contributed by atoms with Gasteiger partial charge < -0.3 is 0 Å². The van der Waals surface area contributed by atoms with Crippen molar-refractivity contribution in [2.24, 2.45) is 0 Å². The highest BCUT2D eigenvalue weighted by Crippen LogP contribution is 2.67. The molecule has 2 aromatic rings. The average Bonchev–Trinajstić information content (AvgIpc) is 3.29. The first-order valence-corrected chi connectivity index (χ1v) is 10.3. The molecule has 1 aliphatic carbocycles. The van der Waals surface area contributed by atoms with Gasteiger partial charge in [-0.1, -0.05) is 88.4 Å². The molecule has 1 radical (unpaired) electrons. The van der Waals surface area contributed by atoms with Gasteiger partial charge in [0.15, 0.2) is 7.00 Å². The van der Waals surface area contributed by atoms with Gasteiger partial charge in [0.2, 0.25) is 0 Å². The molecule has 3 rings (SSSR count). The summed E-state index contributed by atoms with van der Waals surface area (Å²) in [6.07, 6.45) is 1.26. The number of hydrogen-bond donors (Lipinski definition) is 0. The van der Waals surface area contributed by atoms with Crippen molar-refractivity contribution in [3.8, 4) is 0 Å². The van der Waals surface area contributed by atoms with E-state index in [1.165, 1.54) is 17.5 Å². The van der Waals surface area contributed by atoms with Gasteiger partial charge in [-0.15, -0.1) is 7.80 Å². The molecule has 0 bridgehead atoms. The predicted molar refractivity (Wildman–Crippen MR) is 105 cm³/mol. The van der Waals surface area contributed by atoms with Crippen LogP contribution in [0.15, 0.2) is 60.7 Å². The van der Waals surface area contributed by atoms with Crippen LogP contribution < -0.4 is 0 Å². The summed E-state index contributed by atoms with van der Waals surface area (Å²) in [6, 6.07) is 22.2. The fourth-order valence-corrected chi connectivity index (χ4v) is 6.57. The monoisotopic (exact) mass is 321 g/mol. The lowest BCUT2D eigenvalue weighted by molar-refractivity contribution is 0.845. The summed E-state index contributed by atoms with van der Waals surface area (Å²) in [7, 11) is -0.0198. The lowest BCUT2D eigenvalue weighted by Gasteiger charge is -2.27. The first kappa shape index (κ1) is 16.8. The maximum absolute atomic E-state index is 2.73. The molecule has 2 heteroatoms. The maximum Gasteiger partial charge on any atom is 0.152 e. The van der Waals surface area contributed by atoms with Crippen LogP contribution in [0.5, 0.6) is 0 Å². The Morgan fingerprint density at radius 3 is 1.65 bits per heavy atom. The van der Waals surface area contributed by atoms with Gasteiger partial charge in [-0.2, -0.15) is 0 Å². The van der Waals surface area contributed by atoms with Gasteiger partial charge in [0.1, 0.15) is 0 Å².